The Morgan fingerprint density at radius 3 is 2.75 bits per heavy atom. The van der Waals surface area contributed by atoms with Crippen LogP contribution < -0.4 is 10.1 Å². The number of benzene rings is 2. The zero-order chi connectivity index (χ0) is 14.5. The number of hydrogen-bond donors (Lipinski definition) is 1. The Bertz CT molecular complexity index is 606. The van der Waals surface area contributed by atoms with E-state index in [1.54, 1.807) is 6.07 Å². The van der Waals surface area contributed by atoms with E-state index in [1.165, 1.54) is 12.1 Å². The van der Waals surface area contributed by atoms with E-state index in [0.717, 1.165) is 16.6 Å². The first kappa shape index (κ1) is 15.3. The van der Waals surface area contributed by atoms with Crippen LogP contribution in [0, 0.1) is 5.82 Å². The SMILES string of the molecule is CNCc1ccc(OCc2cc(Cl)ccc2F)c(Br)c1. The topological polar surface area (TPSA) is 21.3 Å². The minimum atomic E-state index is -0.322. The van der Waals surface area contributed by atoms with Gasteiger partial charge in [-0.25, -0.2) is 4.39 Å². The van der Waals surface area contributed by atoms with E-state index in [1.807, 2.05) is 25.2 Å². The van der Waals surface area contributed by atoms with Crippen molar-refractivity contribution in [2.75, 3.05) is 7.05 Å². The molecular weight excluding hydrogens is 345 g/mol. The van der Waals surface area contributed by atoms with Crippen LogP contribution in [0.25, 0.3) is 0 Å². The van der Waals surface area contributed by atoms with Gasteiger partial charge < -0.3 is 10.1 Å². The molecule has 2 nitrogen and oxygen atoms in total. The van der Waals surface area contributed by atoms with E-state index < -0.39 is 0 Å². The van der Waals surface area contributed by atoms with Crippen molar-refractivity contribution < 1.29 is 9.13 Å². The molecule has 106 valence electrons. The zero-order valence-corrected chi connectivity index (χ0v) is 13.3. The molecule has 0 amide bonds. The quantitative estimate of drug-likeness (QED) is 0.847. The summed E-state index contributed by atoms with van der Waals surface area (Å²) in [5.41, 5.74) is 1.57. The lowest BCUT2D eigenvalue weighted by Gasteiger charge is -2.10. The molecule has 0 fully saturated rings. The minimum Gasteiger partial charge on any atom is -0.488 e. The van der Waals surface area contributed by atoms with Crippen molar-refractivity contribution in [1.29, 1.82) is 0 Å². The van der Waals surface area contributed by atoms with Gasteiger partial charge in [0, 0.05) is 17.1 Å². The Morgan fingerprint density at radius 1 is 1.25 bits per heavy atom. The molecule has 5 heteroatoms. The first-order valence-electron chi connectivity index (χ1n) is 6.10. The van der Waals surface area contributed by atoms with Crippen LogP contribution in [-0.4, -0.2) is 7.05 Å². The van der Waals surface area contributed by atoms with Gasteiger partial charge >= 0.3 is 0 Å². The van der Waals surface area contributed by atoms with Crippen LogP contribution in [0.5, 0.6) is 5.75 Å². The molecule has 0 spiro atoms. The molecule has 0 radical (unpaired) electrons. The molecule has 0 aromatic heterocycles. The minimum absolute atomic E-state index is 0.135. The van der Waals surface area contributed by atoms with Crippen molar-refractivity contribution >= 4 is 27.5 Å². The monoisotopic (exact) mass is 357 g/mol. The van der Waals surface area contributed by atoms with Crippen molar-refractivity contribution in [3.63, 3.8) is 0 Å². The molecule has 0 unspecified atom stereocenters. The summed E-state index contributed by atoms with van der Waals surface area (Å²) in [7, 11) is 1.89. The molecule has 2 aromatic carbocycles. The molecule has 0 saturated heterocycles. The lowest BCUT2D eigenvalue weighted by Crippen LogP contribution is -2.05. The van der Waals surface area contributed by atoms with Crippen molar-refractivity contribution in [2.45, 2.75) is 13.2 Å². The second-order valence-corrected chi connectivity index (χ2v) is 5.61. The number of halogens is 3. The predicted octanol–water partition coefficient (Wildman–Crippen LogP) is 4.54. The van der Waals surface area contributed by atoms with Gasteiger partial charge in [0.05, 0.1) is 4.47 Å². The highest BCUT2D eigenvalue weighted by molar-refractivity contribution is 9.10. The summed E-state index contributed by atoms with van der Waals surface area (Å²) >= 11 is 9.30. The van der Waals surface area contributed by atoms with Gasteiger partial charge in [0.25, 0.3) is 0 Å². The summed E-state index contributed by atoms with van der Waals surface area (Å²) in [5.74, 6) is 0.349. The maximum atomic E-state index is 13.6. The van der Waals surface area contributed by atoms with Gasteiger partial charge in [0.2, 0.25) is 0 Å². The number of rotatable bonds is 5. The van der Waals surface area contributed by atoms with E-state index in [0.29, 0.717) is 16.3 Å². The Labute approximate surface area is 131 Å². The summed E-state index contributed by atoms with van der Waals surface area (Å²) in [4.78, 5) is 0. The molecule has 2 rings (SSSR count). The fourth-order valence-electron chi connectivity index (χ4n) is 1.78. The van der Waals surface area contributed by atoms with Gasteiger partial charge in [-0.2, -0.15) is 0 Å². The Hall–Kier alpha value is -1.10. The smallest absolute Gasteiger partial charge is 0.134 e. The predicted molar refractivity (Wildman–Crippen MR) is 82.6 cm³/mol. The maximum Gasteiger partial charge on any atom is 0.134 e. The van der Waals surface area contributed by atoms with Gasteiger partial charge in [-0.15, -0.1) is 0 Å². The third kappa shape index (κ3) is 3.95. The normalized spacial score (nSPS) is 10.6. The molecule has 2 aromatic rings. The van der Waals surface area contributed by atoms with E-state index in [-0.39, 0.29) is 12.4 Å². The Kier molecular flexibility index (Phi) is 5.40. The molecular formula is C15H14BrClFNO. The molecule has 1 N–H and O–H groups in total. The highest BCUT2D eigenvalue weighted by Crippen LogP contribution is 2.27. The van der Waals surface area contributed by atoms with E-state index in [4.69, 9.17) is 16.3 Å². The zero-order valence-electron chi connectivity index (χ0n) is 10.9. The lowest BCUT2D eigenvalue weighted by atomic mass is 10.2. The lowest BCUT2D eigenvalue weighted by molar-refractivity contribution is 0.298. The van der Waals surface area contributed by atoms with Crippen LogP contribution in [0.1, 0.15) is 11.1 Å². The molecule has 0 saturated carbocycles. The fourth-order valence-corrected chi connectivity index (χ4v) is 2.52. The van der Waals surface area contributed by atoms with Gasteiger partial charge in [-0.1, -0.05) is 17.7 Å². The van der Waals surface area contributed by atoms with Crippen LogP contribution in [0.2, 0.25) is 5.02 Å². The highest BCUT2D eigenvalue weighted by Gasteiger charge is 2.07. The summed E-state index contributed by atoms with van der Waals surface area (Å²) in [5, 5.41) is 3.57. The van der Waals surface area contributed by atoms with Gasteiger partial charge in [-0.05, 0) is 58.9 Å². The van der Waals surface area contributed by atoms with Crippen LogP contribution >= 0.6 is 27.5 Å². The molecule has 0 bridgehead atoms. The summed E-state index contributed by atoms with van der Waals surface area (Å²) < 4.78 is 20.0. The van der Waals surface area contributed by atoms with Crippen LogP contribution in [0.4, 0.5) is 4.39 Å². The Balaban J connectivity index is 2.09. The molecule has 20 heavy (non-hydrogen) atoms. The van der Waals surface area contributed by atoms with Gasteiger partial charge in [0.15, 0.2) is 0 Å². The van der Waals surface area contributed by atoms with E-state index >= 15 is 0 Å². The second kappa shape index (κ2) is 7.07. The fraction of sp³-hybridized carbons (Fsp3) is 0.200. The maximum absolute atomic E-state index is 13.6. The van der Waals surface area contributed by atoms with Crippen LogP contribution in [-0.2, 0) is 13.2 Å². The standard InChI is InChI=1S/C15H14BrClFNO/c1-19-8-10-2-5-15(13(16)6-10)20-9-11-7-12(17)3-4-14(11)18/h2-7,19H,8-9H2,1H3. The largest absolute Gasteiger partial charge is 0.488 e. The molecule has 0 aliphatic carbocycles. The number of hydrogen-bond acceptors (Lipinski definition) is 2. The van der Waals surface area contributed by atoms with Gasteiger partial charge in [0.1, 0.15) is 18.2 Å². The van der Waals surface area contributed by atoms with Crippen LogP contribution in [0.3, 0.4) is 0 Å². The first-order chi connectivity index (χ1) is 9.60. The molecule has 0 atom stereocenters. The van der Waals surface area contributed by atoms with E-state index in [9.17, 15) is 4.39 Å². The van der Waals surface area contributed by atoms with Crippen molar-refractivity contribution in [1.82, 2.24) is 5.32 Å². The average molecular weight is 359 g/mol. The number of nitrogens with one attached hydrogen (secondary N) is 1. The second-order valence-electron chi connectivity index (χ2n) is 4.32. The third-order valence-electron chi connectivity index (χ3n) is 2.77. The van der Waals surface area contributed by atoms with Crippen molar-refractivity contribution in [3.05, 3.63) is 62.8 Å². The van der Waals surface area contributed by atoms with Crippen molar-refractivity contribution in [3.8, 4) is 5.75 Å². The Morgan fingerprint density at radius 2 is 2.05 bits per heavy atom. The summed E-state index contributed by atoms with van der Waals surface area (Å²) in [6.45, 7) is 0.915. The van der Waals surface area contributed by atoms with Crippen molar-refractivity contribution in [2.24, 2.45) is 0 Å². The number of ether oxygens (including phenoxy) is 1. The van der Waals surface area contributed by atoms with Gasteiger partial charge in [-0.3, -0.25) is 0 Å². The average Bonchev–Trinajstić information content (AvgIpc) is 2.42. The van der Waals surface area contributed by atoms with E-state index in [2.05, 4.69) is 21.2 Å². The highest BCUT2D eigenvalue weighted by atomic mass is 79.9. The molecule has 0 aliphatic rings. The molecule has 0 heterocycles. The third-order valence-corrected chi connectivity index (χ3v) is 3.62. The summed E-state index contributed by atoms with van der Waals surface area (Å²) in [6.07, 6.45) is 0. The molecule has 0 aliphatic heterocycles. The van der Waals surface area contributed by atoms with Crippen LogP contribution in [0.15, 0.2) is 40.9 Å². The first-order valence-corrected chi connectivity index (χ1v) is 7.27. The summed E-state index contributed by atoms with van der Waals surface area (Å²) in [6, 6.07) is 10.2.